The number of thiophene rings is 1. The lowest BCUT2D eigenvalue weighted by atomic mass is 9.88. The van der Waals surface area contributed by atoms with Gasteiger partial charge in [0, 0.05) is 29.1 Å². The van der Waals surface area contributed by atoms with Gasteiger partial charge in [-0.05, 0) is 55.1 Å². The Morgan fingerprint density at radius 2 is 1.90 bits per heavy atom. The monoisotopic (exact) mass is 421 g/mol. The predicted molar refractivity (Wildman–Crippen MR) is 104 cm³/mol. The van der Waals surface area contributed by atoms with E-state index in [-0.39, 0.29) is 5.92 Å². The third-order valence-corrected chi connectivity index (χ3v) is 6.00. The Balaban J connectivity index is 1.61. The average Bonchev–Trinajstić information content (AvgIpc) is 3.20. The van der Waals surface area contributed by atoms with Crippen LogP contribution in [0.25, 0.3) is 11.1 Å². The van der Waals surface area contributed by atoms with Gasteiger partial charge in [-0.2, -0.15) is 13.2 Å². The lowest BCUT2D eigenvalue weighted by Crippen LogP contribution is -2.33. The Labute approximate surface area is 170 Å². The minimum atomic E-state index is -4.62. The fourth-order valence-corrected chi connectivity index (χ4v) is 4.45. The smallest absolute Gasteiger partial charge is 0.298 e. The van der Waals surface area contributed by atoms with Gasteiger partial charge in [0.05, 0.1) is 5.69 Å². The molecular weight excluding hydrogens is 402 g/mol. The van der Waals surface area contributed by atoms with E-state index in [1.54, 1.807) is 17.4 Å². The summed E-state index contributed by atoms with van der Waals surface area (Å²) in [6, 6.07) is 9.91. The second kappa shape index (κ2) is 8.20. The van der Waals surface area contributed by atoms with Crippen molar-refractivity contribution in [2.45, 2.75) is 31.5 Å². The number of likely N-dealkylation sites (tertiary alicyclic amines) is 1. The molecule has 0 saturated carbocycles. The predicted octanol–water partition coefficient (Wildman–Crippen LogP) is 5.74. The van der Waals surface area contributed by atoms with Crippen LogP contribution in [-0.2, 0) is 12.7 Å². The largest absolute Gasteiger partial charge is 0.451 e. The zero-order chi connectivity index (χ0) is 20.4. The quantitative estimate of drug-likeness (QED) is 0.503. The fraction of sp³-hybridized carbons (Fsp3) is 0.333. The fourth-order valence-electron chi connectivity index (χ4n) is 3.71. The molecule has 0 amide bonds. The van der Waals surface area contributed by atoms with Gasteiger partial charge in [-0.3, -0.25) is 4.90 Å². The Morgan fingerprint density at radius 3 is 2.55 bits per heavy atom. The summed E-state index contributed by atoms with van der Waals surface area (Å²) in [5.74, 6) is -1.72. The number of nitrogens with zero attached hydrogens (tertiary/aromatic N) is 3. The third kappa shape index (κ3) is 4.64. The van der Waals surface area contributed by atoms with Crippen LogP contribution >= 0.6 is 11.3 Å². The van der Waals surface area contributed by atoms with Crippen molar-refractivity contribution in [1.29, 1.82) is 0 Å². The topological polar surface area (TPSA) is 29.0 Å². The Kier molecular flexibility index (Phi) is 5.65. The molecule has 8 heteroatoms. The molecule has 0 bridgehead atoms. The molecule has 1 aromatic carbocycles. The van der Waals surface area contributed by atoms with Gasteiger partial charge in [0.1, 0.15) is 5.82 Å². The van der Waals surface area contributed by atoms with E-state index in [0.717, 1.165) is 19.6 Å². The van der Waals surface area contributed by atoms with Crippen molar-refractivity contribution in [3.63, 3.8) is 0 Å². The summed E-state index contributed by atoms with van der Waals surface area (Å²) in [5.41, 5.74) is 1.32. The number of piperidine rings is 1. The van der Waals surface area contributed by atoms with E-state index in [9.17, 15) is 17.6 Å². The maximum Gasteiger partial charge on any atom is 0.451 e. The summed E-state index contributed by atoms with van der Waals surface area (Å²) in [5, 5.41) is 2.03. The van der Waals surface area contributed by atoms with Crippen molar-refractivity contribution < 1.29 is 17.6 Å². The molecule has 3 nitrogen and oxygen atoms in total. The molecule has 0 atom stereocenters. The maximum atomic E-state index is 13.7. The second-order valence-corrected chi connectivity index (χ2v) is 8.16. The SMILES string of the molecule is Fc1cccc(-c2cnc(C(F)(F)F)nc2C2CCN(Cc3cccs3)CC2)c1. The van der Waals surface area contributed by atoms with Crippen molar-refractivity contribution in [3.05, 3.63) is 70.2 Å². The Bertz CT molecular complexity index is 964. The Morgan fingerprint density at radius 1 is 1.10 bits per heavy atom. The van der Waals surface area contributed by atoms with Crippen LogP contribution < -0.4 is 0 Å². The first kappa shape index (κ1) is 20.0. The lowest BCUT2D eigenvalue weighted by Gasteiger charge is -2.32. The highest BCUT2D eigenvalue weighted by molar-refractivity contribution is 7.09. The second-order valence-electron chi connectivity index (χ2n) is 7.13. The highest BCUT2D eigenvalue weighted by Crippen LogP contribution is 2.36. The number of hydrogen-bond acceptors (Lipinski definition) is 4. The van der Waals surface area contributed by atoms with Crippen LogP contribution in [-0.4, -0.2) is 28.0 Å². The van der Waals surface area contributed by atoms with Gasteiger partial charge in [-0.25, -0.2) is 14.4 Å². The van der Waals surface area contributed by atoms with Crippen LogP contribution in [0.2, 0.25) is 0 Å². The molecule has 1 aliphatic heterocycles. The van der Waals surface area contributed by atoms with Crippen molar-refractivity contribution in [1.82, 2.24) is 14.9 Å². The molecular formula is C21H19F4N3S. The van der Waals surface area contributed by atoms with Gasteiger partial charge in [0.15, 0.2) is 0 Å². The van der Waals surface area contributed by atoms with Crippen molar-refractivity contribution >= 4 is 11.3 Å². The molecule has 0 aliphatic carbocycles. The summed E-state index contributed by atoms with van der Waals surface area (Å²) < 4.78 is 53.3. The first-order chi connectivity index (χ1) is 13.9. The van der Waals surface area contributed by atoms with Gasteiger partial charge >= 0.3 is 6.18 Å². The zero-order valence-corrected chi connectivity index (χ0v) is 16.3. The zero-order valence-electron chi connectivity index (χ0n) is 15.5. The first-order valence-corrected chi connectivity index (χ1v) is 10.2. The summed E-state index contributed by atoms with van der Waals surface area (Å²) in [4.78, 5) is 11.0. The third-order valence-electron chi connectivity index (χ3n) is 5.14. The molecule has 1 fully saturated rings. The van der Waals surface area contributed by atoms with Crippen molar-refractivity contribution in [2.24, 2.45) is 0 Å². The minimum absolute atomic E-state index is 0.128. The number of benzene rings is 1. The van der Waals surface area contributed by atoms with Crippen LogP contribution in [0.15, 0.2) is 48.0 Å². The number of alkyl halides is 3. The van der Waals surface area contributed by atoms with E-state index in [1.807, 2.05) is 11.4 Å². The van der Waals surface area contributed by atoms with E-state index in [0.29, 0.717) is 29.7 Å². The molecule has 1 aliphatic rings. The van der Waals surface area contributed by atoms with E-state index in [2.05, 4.69) is 20.9 Å². The van der Waals surface area contributed by atoms with Crippen LogP contribution in [0.4, 0.5) is 17.6 Å². The molecule has 1 saturated heterocycles. The molecule has 0 N–H and O–H groups in total. The highest BCUT2D eigenvalue weighted by atomic mass is 32.1. The van der Waals surface area contributed by atoms with E-state index >= 15 is 0 Å². The minimum Gasteiger partial charge on any atom is -0.298 e. The number of aromatic nitrogens is 2. The molecule has 0 radical (unpaired) electrons. The van der Waals surface area contributed by atoms with E-state index in [4.69, 9.17) is 0 Å². The number of rotatable bonds is 4. The summed E-state index contributed by atoms with van der Waals surface area (Å²) >= 11 is 1.70. The number of halogens is 4. The molecule has 0 spiro atoms. The molecule has 4 rings (SSSR count). The van der Waals surface area contributed by atoms with Gasteiger partial charge in [0.2, 0.25) is 5.82 Å². The Hall–Kier alpha value is -2.32. The van der Waals surface area contributed by atoms with Crippen LogP contribution in [0.5, 0.6) is 0 Å². The standard InChI is InChI=1S/C21H19F4N3S/c22-16-4-1-3-15(11-16)18-12-26-20(21(23,24)25)27-19(18)14-6-8-28(9-7-14)13-17-5-2-10-29-17/h1-5,10-12,14H,6-9,13H2. The number of hydrogen-bond donors (Lipinski definition) is 0. The molecule has 29 heavy (non-hydrogen) atoms. The van der Waals surface area contributed by atoms with Crippen LogP contribution in [0.3, 0.4) is 0 Å². The maximum absolute atomic E-state index is 13.7. The van der Waals surface area contributed by atoms with E-state index in [1.165, 1.54) is 29.3 Å². The summed E-state index contributed by atoms with van der Waals surface area (Å²) in [6.07, 6.45) is -2.04. The molecule has 3 heterocycles. The summed E-state index contributed by atoms with van der Waals surface area (Å²) in [6.45, 7) is 2.39. The van der Waals surface area contributed by atoms with Gasteiger partial charge in [0.25, 0.3) is 0 Å². The molecule has 152 valence electrons. The van der Waals surface area contributed by atoms with Gasteiger partial charge < -0.3 is 0 Å². The lowest BCUT2D eigenvalue weighted by molar-refractivity contribution is -0.145. The van der Waals surface area contributed by atoms with Crippen LogP contribution in [0, 0.1) is 5.82 Å². The van der Waals surface area contributed by atoms with Crippen molar-refractivity contribution in [3.8, 4) is 11.1 Å². The normalized spacial score (nSPS) is 16.3. The molecule has 0 unspecified atom stereocenters. The van der Waals surface area contributed by atoms with Crippen LogP contribution in [0.1, 0.15) is 35.2 Å². The van der Waals surface area contributed by atoms with E-state index < -0.39 is 17.8 Å². The average molecular weight is 421 g/mol. The molecule has 2 aromatic heterocycles. The van der Waals surface area contributed by atoms with Gasteiger partial charge in [-0.1, -0.05) is 18.2 Å². The molecule has 3 aromatic rings. The summed E-state index contributed by atoms with van der Waals surface area (Å²) in [7, 11) is 0. The first-order valence-electron chi connectivity index (χ1n) is 9.35. The van der Waals surface area contributed by atoms with Gasteiger partial charge in [-0.15, -0.1) is 11.3 Å². The highest BCUT2D eigenvalue weighted by Gasteiger charge is 2.36. The van der Waals surface area contributed by atoms with Crippen molar-refractivity contribution in [2.75, 3.05) is 13.1 Å².